The van der Waals surface area contributed by atoms with Crippen LogP contribution in [0.4, 0.5) is 0 Å². The first-order valence-electron chi connectivity index (χ1n) is 5.86. The Balaban J connectivity index is 2.11. The number of hydrogen-bond acceptors (Lipinski definition) is 2. The molecule has 0 atom stereocenters. The lowest BCUT2D eigenvalue weighted by Crippen LogP contribution is -2.02. The van der Waals surface area contributed by atoms with Gasteiger partial charge in [0, 0.05) is 22.7 Å². The maximum Gasteiger partial charge on any atom is 0.124 e. The molecule has 2 nitrogen and oxygen atoms in total. The Morgan fingerprint density at radius 3 is 2.61 bits per heavy atom. The van der Waals surface area contributed by atoms with Crippen LogP contribution in [0.1, 0.15) is 16.7 Å². The normalized spacial score (nSPS) is 10.4. The SMILES string of the molecule is Cc1ccc(COc2ccccc2CN)c(Cl)c1. The Labute approximate surface area is 112 Å². The van der Waals surface area contributed by atoms with Gasteiger partial charge in [-0.05, 0) is 24.6 Å². The summed E-state index contributed by atoms with van der Waals surface area (Å²) in [5.74, 6) is 0.816. The van der Waals surface area contributed by atoms with Crippen molar-refractivity contribution in [2.75, 3.05) is 0 Å². The Morgan fingerprint density at radius 2 is 1.89 bits per heavy atom. The molecule has 0 aliphatic carbocycles. The Kier molecular flexibility index (Phi) is 4.24. The van der Waals surface area contributed by atoms with Crippen molar-refractivity contribution in [3.8, 4) is 5.75 Å². The topological polar surface area (TPSA) is 35.2 Å². The largest absolute Gasteiger partial charge is 0.489 e. The number of nitrogens with two attached hydrogens (primary N) is 1. The second kappa shape index (κ2) is 5.89. The minimum Gasteiger partial charge on any atom is -0.489 e. The molecule has 0 aromatic heterocycles. The highest BCUT2D eigenvalue weighted by atomic mass is 35.5. The molecule has 3 heteroatoms. The maximum atomic E-state index is 6.16. The van der Waals surface area contributed by atoms with E-state index in [-0.39, 0.29) is 0 Å². The summed E-state index contributed by atoms with van der Waals surface area (Å²) in [4.78, 5) is 0. The summed E-state index contributed by atoms with van der Waals surface area (Å²) in [6, 6.07) is 13.7. The second-order valence-corrected chi connectivity index (χ2v) is 4.60. The van der Waals surface area contributed by atoms with Crippen molar-refractivity contribution < 1.29 is 4.74 Å². The van der Waals surface area contributed by atoms with Crippen LogP contribution in [0, 0.1) is 6.92 Å². The number of halogens is 1. The van der Waals surface area contributed by atoms with Crippen LogP contribution in [0.25, 0.3) is 0 Å². The zero-order chi connectivity index (χ0) is 13.0. The Bertz CT molecular complexity index is 540. The summed E-state index contributed by atoms with van der Waals surface area (Å²) < 4.78 is 5.77. The van der Waals surface area contributed by atoms with Gasteiger partial charge in [-0.3, -0.25) is 0 Å². The van der Waals surface area contributed by atoms with Gasteiger partial charge in [0.1, 0.15) is 12.4 Å². The van der Waals surface area contributed by atoms with Crippen molar-refractivity contribution in [2.24, 2.45) is 5.73 Å². The zero-order valence-corrected chi connectivity index (χ0v) is 11.1. The van der Waals surface area contributed by atoms with Crippen molar-refractivity contribution in [3.63, 3.8) is 0 Å². The monoisotopic (exact) mass is 261 g/mol. The molecule has 0 fully saturated rings. The lowest BCUT2D eigenvalue weighted by atomic mass is 10.1. The summed E-state index contributed by atoms with van der Waals surface area (Å²) in [6.45, 7) is 2.94. The van der Waals surface area contributed by atoms with E-state index in [0.717, 1.165) is 27.5 Å². The molecule has 2 aromatic rings. The summed E-state index contributed by atoms with van der Waals surface area (Å²) in [7, 11) is 0. The summed E-state index contributed by atoms with van der Waals surface area (Å²) in [6.07, 6.45) is 0. The van der Waals surface area contributed by atoms with Crippen molar-refractivity contribution in [1.82, 2.24) is 0 Å². The van der Waals surface area contributed by atoms with E-state index < -0.39 is 0 Å². The van der Waals surface area contributed by atoms with E-state index in [1.807, 2.05) is 49.4 Å². The lowest BCUT2D eigenvalue weighted by Gasteiger charge is -2.11. The number of para-hydroxylation sites is 1. The number of rotatable bonds is 4. The molecule has 0 amide bonds. The van der Waals surface area contributed by atoms with Crippen LogP contribution in [0.2, 0.25) is 5.02 Å². The van der Waals surface area contributed by atoms with Crippen LogP contribution >= 0.6 is 11.6 Å². The molecule has 0 radical (unpaired) electrons. The molecule has 18 heavy (non-hydrogen) atoms. The molecule has 0 aliphatic heterocycles. The second-order valence-electron chi connectivity index (χ2n) is 4.20. The van der Waals surface area contributed by atoms with Gasteiger partial charge in [-0.15, -0.1) is 0 Å². The first-order chi connectivity index (χ1) is 8.70. The van der Waals surface area contributed by atoms with Crippen molar-refractivity contribution in [1.29, 1.82) is 0 Å². The van der Waals surface area contributed by atoms with E-state index in [2.05, 4.69) is 0 Å². The fourth-order valence-electron chi connectivity index (χ4n) is 1.74. The molecule has 0 saturated carbocycles. The van der Waals surface area contributed by atoms with Gasteiger partial charge in [0.05, 0.1) is 0 Å². The fraction of sp³-hybridized carbons (Fsp3) is 0.200. The van der Waals surface area contributed by atoms with Crippen LogP contribution in [-0.4, -0.2) is 0 Å². The summed E-state index contributed by atoms with van der Waals surface area (Å²) in [5.41, 5.74) is 8.79. The van der Waals surface area contributed by atoms with Gasteiger partial charge < -0.3 is 10.5 Å². The highest BCUT2D eigenvalue weighted by Crippen LogP contribution is 2.22. The number of hydrogen-bond donors (Lipinski definition) is 1. The molecule has 2 N–H and O–H groups in total. The molecule has 2 aromatic carbocycles. The first-order valence-corrected chi connectivity index (χ1v) is 6.24. The van der Waals surface area contributed by atoms with Crippen LogP contribution in [-0.2, 0) is 13.2 Å². The van der Waals surface area contributed by atoms with Gasteiger partial charge in [0.25, 0.3) is 0 Å². The van der Waals surface area contributed by atoms with Gasteiger partial charge in [-0.25, -0.2) is 0 Å². The highest BCUT2D eigenvalue weighted by molar-refractivity contribution is 6.31. The van der Waals surface area contributed by atoms with E-state index >= 15 is 0 Å². The van der Waals surface area contributed by atoms with Gasteiger partial charge in [-0.2, -0.15) is 0 Å². The third-order valence-electron chi connectivity index (χ3n) is 2.78. The Hall–Kier alpha value is -1.51. The minimum atomic E-state index is 0.454. The molecule has 0 spiro atoms. The maximum absolute atomic E-state index is 6.16. The third kappa shape index (κ3) is 3.03. The fourth-order valence-corrected chi connectivity index (χ4v) is 2.03. The van der Waals surface area contributed by atoms with Crippen molar-refractivity contribution >= 4 is 11.6 Å². The van der Waals surface area contributed by atoms with Crippen LogP contribution in [0.5, 0.6) is 5.75 Å². The Morgan fingerprint density at radius 1 is 1.11 bits per heavy atom. The van der Waals surface area contributed by atoms with E-state index in [4.69, 9.17) is 22.1 Å². The van der Waals surface area contributed by atoms with Gasteiger partial charge in [0.15, 0.2) is 0 Å². The van der Waals surface area contributed by atoms with Crippen LogP contribution in [0.3, 0.4) is 0 Å². The quantitative estimate of drug-likeness (QED) is 0.911. The molecule has 0 unspecified atom stereocenters. The molecule has 0 saturated heterocycles. The predicted octanol–water partition coefficient (Wildman–Crippen LogP) is 3.69. The van der Waals surface area contributed by atoms with Crippen molar-refractivity contribution in [2.45, 2.75) is 20.1 Å². The highest BCUT2D eigenvalue weighted by Gasteiger charge is 2.04. The third-order valence-corrected chi connectivity index (χ3v) is 3.14. The molecular formula is C15H16ClNO. The predicted molar refractivity (Wildman–Crippen MR) is 74.9 cm³/mol. The van der Waals surface area contributed by atoms with Gasteiger partial charge in [-0.1, -0.05) is 41.9 Å². The lowest BCUT2D eigenvalue weighted by molar-refractivity contribution is 0.303. The van der Waals surface area contributed by atoms with Crippen LogP contribution in [0.15, 0.2) is 42.5 Å². The van der Waals surface area contributed by atoms with E-state index in [1.165, 1.54) is 0 Å². The van der Waals surface area contributed by atoms with Gasteiger partial charge in [0.2, 0.25) is 0 Å². The number of aryl methyl sites for hydroxylation is 1. The number of benzene rings is 2. The van der Waals surface area contributed by atoms with Crippen molar-refractivity contribution in [3.05, 3.63) is 64.2 Å². The summed E-state index contributed by atoms with van der Waals surface area (Å²) >= 11 is 6.16. The van der Waals surface area contributed by atoms with E-state index in [0.29, 0.717) is 13.2 Å². The van der Waals surface area contributed by atoms with E-state index in [9.17, 15) is 0 Å². The molecular weight excluding hydrogens is 246 g/mol. The first kappa shape index (κ1) is 12.9. The molecule has 0 aliphatic rings. The average molecular weight is 262 g/mol. The zero-order valence-electron chi connectivity index (χ0n) is 10.3. The molecule has 2 rings (SSSR count). The molecule has 94 valence electrons. The van der Waals surface area contributed by atoms with Crippen LogP contribution < -0.4 is 10.5 Å². The molecule has 0 heterocycles. The average Bonchev–Trinajstić information content (AvgIpc) is 2.38. The summed E-state index contributed by atoms with van der Waals surface area (Å²) in [5, 5.41) is 0.736. The van der Waals surface area contributed by atoms with Gasteiger partial charge >= 0.3 is 0 Å². The standard InChI is InChI=1S/C15H16ClNO/c1-11-6-7-13(14(16)8-11)10-18-15-5-3-2-4-12(15)9-17/h2-8H,9-10,17H2,1H3. The smallest absolute Gasteiger partial charge is 0.124 e. The number of ether oxygens (including phenoxy) is 1. The van der Waals surface area contributed by atoms with E-state index in [1.54, 1.807) is 0 Å². The minimum absolute atomic E-state index is 0.454. The molecule has 0 bridgehead atoms.